The van der Waals surface area contributed by atoms with E-state index >= 15 is 0 Å². The lowest BCUT2D eigenvalue weighted by Crippen LogP contribution is -2.07. The molecule has 1 aromatic carbocycles. The van der Waals surface area contributed by atoms with Crippen LogP contribution in [0.1, 0.15) is 16.2 Å². The smallest absolute Gasteiger partial charge is 0.358 e. The third-order valence-electron chi connectivity index (χ3n) is 2.88. The minimum atomic E-state index is -0.774. The first-order valence-corrected chi connectivity index (χ1v) is 6.47. The van der Waals surface area contributed by atoms with Crippen molar-refractivity contribution in [2.75, 3.05) is 0 Å². The average molecular weight is 317 g/mol. The van der Waals surface area contributed by atoms with Gasteiger partial charge in [-0.2, -0.15) is 0 Å². The van der Waals surface area contributed by atoms with Gasteiger partial charge in [0.15, 0.2) is 11.5 Å². The Kier molecular flexibility index (Phi) is 4.05. The van der Waals surface area contributed by atoms with Crippen molar-refractivity contribution in [3.8, 4) is 11.3 Å². The molecule has 0 amide bonds. The van der Waals surface area contributed by atoms with Crippen molar-refractivity contribution in [1.82, 2.24) is 15.1 Å². The molecule has 0 spiro atoms. The highest BCUT2D eigenvalue weighted by Crippen LogP contribution is 2.24. The number of ether oxygens (including phenoxy) is 1. The van der Waals surface area contributed by atoms with Gasteiger partial charge in [-0.3, -0.25) is 4.98 Å². The van der Waals surface area contributed by atoms with Crippen molar-refractivity contribution in [1.29, 1.82) is 0 Å². The second-order valence-electron chi connectivity index (χ2n) is 4.47. The Morgan fingerprint density at radius 2 is 2.09 bits per heavy atom. The van der Waals surface area contributed by atoms with E-state index in [0.717, 1.165) is 12.1 Å². The van der Waals surface area contributed by atoms with Crippen molar-refractivity contribution in [2.45, 2.75) is 6.61 Å². The second-order valence-corrected chi connectivity index (χ2v) is 4.47. The fourth-order valence-electron chi connectivity index (χ4n) is 1.81. The quantitative estimate of drug-likeness (QED) is 0.689. The van der Waals surface area contributed by atoms with E-state index < -0.39 is 17.6 Å². The van der Waals surface area contributed by atoms with Crippen LogP contribution in [-0.4, -0.2) is 21.1 Å². The average Bonchev–Trinajstić information content (AvgIpc) is 3.02. The number of carbonyl (C=O) groups is 1. The zero-order valence-corrected chi connectivity index (χ0v) is 11.6. The molecule has 0 aliphatic rings. The minimum absolute atomic E-state index is 0.0563. The van der Waals surface area contributed by atoms with Gasteiger partial charge in [-0.05, 0) is 12.1 Å². The van der Waals surface area contributed by atoms with Crippen LogP contribution in [-0.2, 0) is 11.3 Å². The first-order valence-electron chi connectivity index (χ1n) is 6.47. The molecule has 0 saturated carbocycles. The van der Waals surface area contributed by atoms with Crippen LogP contribution in [0.3, 0.4) is 0 Å². The number of esters is 1. The molecule has 23 heavy (non-hydrogen) atoms. The molecular formula is C15H9F2N3O3. The molecule has 3 rings (SSSR count). The van der Waals surface area contributed by atoms with Gasteiger partial charge >= 0.3 is 5.97 Å². The standard InChI is InChI=1S/C15H9F2N3O3/c16-9-1-2-11(12(17)5-9)14-6-10(20-23-14)8-22-15(21)13-7-18-3-4-19-13/h1-7H,8H2. The Hall–Kier alpha value is -3.16. The van der Waals surface area contributed by atoms with Crippen molar-refractivity contribution >= 4 is 5.97 Å². The van der Waals surface area contributed by atoms with Crippen molar-refractivity contribution in [3.63, 3.8) is 0 Å². The molecular weight excluding hydrogens is 308 g/mol. The molecule has 116 valence electrons. The Bertz CT molecular complexity index is 837. The monoisotopic (exact) mass is 317 g/mol. The molecule has 3 aromatic rings. The Morgan fingerprint density at radius 3 is 2.83 bits per heavy atom. The molecule has 0 radical (unpaired) electrons. The van der Waals surface area contributed by atoms with E-state index in [0.29, 0.717) is 0 Å². The zero-order chi connectivity index (χ0) is 16.2. The van der Waals surface area contributed by atoms with E-state index in [1.165, 1.54) is 30.7 Å². The van der Waals surface area contributed by atoms with Crippen LogP contribution in [0.25, 0.3) is 11.3 Å². The topological polar surface area (TPSA) is 78.1 Å². The highest BCUT2D eigenvalue weighted by atomic mass is 19.1. The Morgan fingerprint density at radius 1 is 1.22 bits per heavy atom. The fraction of sp³-hybridized carbons (Fsp3) is 0.0667. The maximum absolute atomic E-state index is 13.7. The summed E-state index contributed by atoms with van der Waals surface area (Å²) < 4.78 is 36.5. The molecule has 0 aliphatic carbocycles. The van der Waals surface area contributed by atoms with Gasteiger partial charge in [0.2, 0.25) is 0 Å². The molecule has 0 fully saturated rings. The van der Waals surface area contributed by atoms with Crippen LogP contribution in [0.4, 0.5) is 8.78 Å². The van der Waals surface area contributed by atoms with Gasteiger partial charge in [0.05, 0.1) is 11.8 Å². The summed E-state index contributed by atoms with van der Waals surface area (Å²) in [4.78, 5) is 19.3. The molecule has 6 nitrogen and oxygen atoms in total. The van der Waals surface area contributed by atoms with Gasteiger partial charge in [0.25, 0.3) is 0 Å². The molecule has 0 bridgehead atoms. The van der Waals surface area contributed by atoms with Gasteiger partial charge in [0, 0.05) is 24.5 Å². The van der Waals surface area contributed by atoms with Crippen molar-refractivity contribution < 1.29 is 22.8 Å². The van der Waals surface area contributed by atoms with E-state index in [-0.39, 0.29) is 29.3 Å². The summed E-state index contributed by atoms with van der Waals surface area (Å²) in [5.74, 6) is -2.03. The number of benzene rings is 1. The predicted molar refractivity (Wildman–Crippen MR) is 73.0 cm³/mol. The lowest BCUT2D eigenvalue weighted by Gasteiger charge is -2.00. The van der Waals surface area contributed by atoms with Gasteiger partial charge in [-0.25, -0.2) is 18.6 Å². The van der Waals surface area contributed by atoms with E-state index in [9.17, 15) is 13.6 Å². The SMILES string of the molecule is O=C(OCc1cc(-c2ccc(F)cc2F)on1)c1cnccn1. The first-order chi connectivity index (χ1) is 11.1. The van der Waals surface area contributed by atoms with Crippen LogP contribution in [0.15, 0.2) is 47.4 Å². The third kappa shape index (κ3) is 3.37. The first kappa shape index (κ1) is 14.8. The second kappa shape index (κ2) is 6.30. The van der Waals surface area contributed by atoms with Crippen LogP contribution in [0.2, 0.25) is 0 Å². The van der Waals surface area contributed by atoms with Crippen LogP contribution < -0.4 is 0 Å². The Balaban J connectivity index is 1.69. The summed E-state index contributed by atoms with van der Waals surface area (Å²) in [7, 11) is 0. The fourth-order valence-corrected chi connectivity index (χ4v) is 1.81. The summed E-state index contributed by atoms with van der Waals surface area (Å²) in [5, 5.41) is 3.67. The highest BCUT2D eigenvalue weighted by Gasteiger charge is 2.14. The predicted octanol–water partition coefficient (Wildman–Crippen LogP) is 2.77. The number of nitrogens with zero attached hydrogens (tertiary/aromatic N) is 3. The molecule has 2 aromatic heterocycles. The summed E-state index contributed by atoms with van der Waals surface area (Å²) >= 11 is 0. The van der Waals surface area contributed by atoms with Gasteiger partial charge in [-0.15, -0.1) is 0 Å². The number of halogens is 2. The van der Waals surface area contributed by atoms with Crippen LogP contribution in [0.5, 0.6) is 0 Å². The number of rotatable bonds is 4. The van der Waals surface area contributed by atoms with E-state index in [2.05, 4.69) is 15.1 Å². The van der Waals surface area contributed by atoms with Gasteiger partial charge < -0.3 is 9.26 Å². The number of hydrogen-bond donors (Lipinski definition) is 0. The lowest BCUT2D eigenvalue weighted by molar-refractivity contribution is 0.0456. The van der Waals surface area contributed by atoms with E-state index in [1.54, 1.807) is 0 Å². The summed E-state index contributed by atoms with van der Waals surface area (Å²) in [6, 6.07) is 4.49. The van der Waals surface area contributed by atoms with Crippen molar-refractivity contribution in [3.05, 3.63) is 65.9 Å². The Labute approximate surface area is 128 Å². The lowest BCUT2D eigenvalue weighted by atomic mass is 10.1. The van der Waals surface area contributed by atoms with Gasteiger partial charge in [0.1, 0.15) is 23.9 Å². The van der Waals surface area contributed by atoms with Crippen LogP contribution >= 0.6 is 0 Å². The number of hydrogen-bond acceptors (Lipinski definition) is 6. The largest absolute Gasteiger partial charge is 0.454 e. The minimum Gasteiger partial charge on any atom is -0.454 e. The third-order valence-corrected chi connectivity index (χ3v) is 2.88. The maximum atomic E-state index is 13.7. The van der Waals surface area contributed by atoms with Crippen LogP contribution in [0, 0.1) is 11.6 Å². The summed E-state index contributed by atoms with van der Waals surface area (Å²) in [5.41, 5.74) is 0.396. The molecule has 8 heteroatoms. The van der Waals surface area contributed by atoms with E-state index in [1.807, 2.05) is 0 Å². The van der Waals surface area contributed by atoms with Gasteiger partial charge in [-0.1, -0.05) is 5.16 Å². The molecule has 0 saturated heterocycles. The summed E-state index contributed by atoms with van der Waals surface area (Å²) in [6.07, 6.45) is 4.06. The normalized spacial score (nSPS) is 10.5. The summed E-state index contributed by atoms with van der Waals surface area (Å²) in [6.45, 7) is -0.179. The highest BCUT2D eigenvalue weighted by molar-refractivity contribution is 5.86. The van der Waals surface area contributed by atoms with E-state index in [4.69, 9.17) is 9.26 Å². The molecule has 0 N–H and O–H groups in total. The molecule has 0 aliphatic heterocycles. The zero-order valence-electron chi connectivity index (χ0n) is 11.6. The molecule has 0 unspecified atom stereocenters. The maximum Gasteiger partial charge on any atom is 0.358 e. The van der Waals surface area contributed by atoms with Crippen molar-refractivity contribution in [2.24, 2.45) is 0 Å². The molecule has 2 heterocycles. The number of aromatic nitrogens is 3. The number of carbonyl (C=O) groups excluding carboxylic acids is 1. The molecule has 0 atom stereocenters.